The molecule has 1 aliphatic rings. The number of carbonyl (C=O) groups is 1. The largest absolute Gasteiger partial charge is 0.490 e. The molecule has 0 amide bonds. The highest BCUT2D eigenvalue weighted by Crippen LogP contribution is 2.23. The molecule has 1 aromatic carbocycles. The molecule has 1 heterocycles. The molecular weight excluding hydrogens is 260 g/mol. The lowest BCUT2D eigenvalue weighted by atomic mass is 10.1. The molecule has 1 saturated heterocycles. The Hall–Kier alpha value is -1.16. The summed E-state index contributed by atoms with van der Waals surface area (Å²) in [4.78, 5) is 11.1. The molecule has 0 aliphatic carbocycles. The average Bonchev–Trinajstić information content (AvgIpc) is 2.47. The lowest BCUT2D eigenvalue weighted by molar-refractivity contribution is -0.140. The van der Waals surface area contributed by atoms with Crippen molar-refractivity contribution in [1.29, 1.82) is 0 Å². The third-order valence-corrected chi connectivity index (χ3v) is 4.29. The van der Waals surface area contributed by atoms with Crippen LogP contribution in [0.2, 0.25) is 0 Å². The van der Waals surface area contributed by atoms with E-state index in [0.717, 1.165) is 24.2 Å². The van der Waals surface area contributed by atoms with Gasteiger partial charge in [0.1, 0.15) is 11.9 Å². The molecule has 0 radical (unpaired) electrons. The first-order chi connectivity index (χ1) is 9.28. The van der Waals surface area contributed by atoms with Crippen LogP contribution < -0.4 is 4.74 Å². The van der Waals surface area contributed by atoms with Gasteiger partial charge in [0.15, 0.2) is 0 Å². The number of methoxy groups -OCH3 is 1. The van der Waals surface area contributed by atoms with Gasteiger partial charge in [-0.2, -0.15) is 11.8 Å². The van der Waals surface area contributed by atoms with Crippen LogP contribution in [-0.4, -0.2) is 30.7 Å². The van der Waals surface area contributed by atoms with Crippen molar-refractivity contribution in [2.24, 2.45) is 0 Å². The van der Waals surface area contributed by atoms with E-state index in [2.05, 4.69) is 4.74 Å². The fraction of sp³-hybridized carbons (Fsp3) is 0.533. The van der Waals surface area contributed by atoms with Crippen LogP contribution in [0.4, 0.5) is 0 Å². The molecule has 0 saturated carbocycles. The lowest BCUT2D eigenvalue weighted by Crippen LogP contribution is -2.21. The normalized spacial score (nSPS) is 16.1. The third kappa shape index (κ3) is 4.78. The molecule has 104 valence electrons. The van der Waals surface area contributed by atoms with E-state index in [4.69, 9.17) is 4.74 Å². The van der Waals surface area contributed by atoms with Crippen LogP contribution in [0, 0.1) is 0 Å². The summed E-state index contributed by atoms with van der Waals surface area (Å²) in [5, 5.41) is 0. The van der Waals surface area contributed by atoms with E-state index in [9.17, 15) is 4.79 Å². The molecule has 3 nitrogen and oxygen atoms in total. The van der Waals surface area contributed by atoms with Gasteiger partial charge in [0.25, 0.3) is 0 Å². The Morgan fingerprint density at radius 3 is 2.58 bits per heavy atom. The molecule has 0 spiro atoms. The molecule has 2 rings (SSSR count). The Balaban J connectivity index is 1.82. The van der Waals surface area contributed by atoms with Crippen molar-refractivity contribution < 1.29 is 14.3 Å². The van der Waals surface area contributed by atoms with E-state index in [1.807, 2.05) is 36.0 Å². The summed E-state index contributed by atoms with van der Waals surface area (Å²) in [6.45, 7) is 0. The number of benzene rings is 1. The standard InChI is InChI=1S/C15H20O3S/c1-17-15(16)7-4-12-2-5-13(6-3-12)18-14-8-10-19-11-9-14/h2-3,5-6,14H,4,7-11H2,1H3. The maximum Gasteiger partial charge on any atom is 0.305 e. The summed E-state index contributed by atoms with van der Waals surface area (Å²) >= 11 is 2.00. The second-order valence-corrected chi connectivity index (χ2v) is 5.87. The molecule has 19 heavy (non-hydrogen) atoms. The smallest absolute Gasteiger partial charge is 0.305 e. The first kappa shape index (κ1) is 14.3. The molecule has 0 unspecified atom stereocenters. The zero-order valence-electron chi connectivity index (χ0n) is 11.3. The highest BCUT2D eigenvalue weighted by molar-refractivity contribution is 7.99. The first-order valence-electron chi connectivity index (χ1n) is 6.68. The first-order valence-corrected chi connectivity index (χ1v) is 7.83. The Kier molecular flexibility index (Phi) is 5.58. The summed E-state index contributed by atoms with van der Waals surface area (Å²) in [5.74, 6) is 3.16. The van der Waals surface area contributed by atoms with Gasteiger partial charge in [0, 0.05) is 6.42 Å². The Morgan fingerprint density at radius 1 is 1.26 bits per heavy atom. The number of hydrogen-bond donors (Lipinski definition) is 0. The Bertz CT molecular complexity index is 396. The summed E-state index contributed by atoms with van der Waals surface area (Å²) in [6, 6.07) is 8.04. The topological polar surface area (TPSA) is 35.5 Å². The van der Waals surface area contributed by atoms with Gasteiger partial charge in [-0.3, -0.25) is 4.79 Å². The third-order valence-electron chi connectivity index (χ3n) is 3.24. The van der Waals surface area contributed by atoms with Crippen molar-refractivity contribution >= 4 is 17.7 Å². The summed E-state index contributed by atoms with van der Waals surface area (Å²) < 4.78 is 10.6. The van der Waals surface area contributed by atoms with Gasteiger partial charge in [-0.15, -0.1) is 0 Å². The zero-order valence-corrected chi connectivity index (χ0v) is 12.1. The van der Waals surface area contributed by atoms with E-state index in [1.54, 1.807) is 0 Å². The van der Waals surface area contributed by atoms with Crippen LogP contribution >= 0.6 is 11.8 Å². The average molecular weight is 280 g/mol. The van der Waals surface area contributed by atoms with Gasteiger partial charge >= 0.3 is 5.97 Å². The molecule has 1 aliphatic heterocycles. The van der Waals surface area contributed by atoms with Crippen LogP contribution in [0.5, 0.6) is 5.75 Å². The molecule has 0 N–H and O–H groups in total. The van der Waals surface area contributed by atoms with Crippen LogP contribution in [0.3, 0.4) is 0 Å². The van der Waals surface area contributed by atoms with E-state index >= 15 is 0 Å². The van der Waals surface area contributed by atoms with Crippen molar-refractivity contribution in [3.63, 3.8) is 0 Å². The van der Waals surface area contributed by atoms with E-state index < -0.39 is 0 Å². The predicted molar refractivity (Wildman–Crippen MR) is 77.8 cm³/mol. The quantitative estimate of drug-likeness (QED) is 0.777. The fourth-order valence-electron chi connectivity index (χ4n) is 2.07. The van der Waals surface area contributed by atoms with Crippen LogP contribution in [0.15, 0.2) is 24.3 Å². The number of carbonyl (C=O) groups excluding carboxylic acids is 1. The molecule has 0 aromatic heterocycles. The van der Waals surface area contributed by atoms with Crippen molar-refractivity contribution in [2.45, 2.75) is 31.8 Å². The van der Waals surface area contributed by atoms with Crippen LogP contribution in [-0.2, 0) is 16.0 Å². The fourth-order valence-corrected chi connectivity index (χ4v) is 3.13. The maximum atomic E-state index is 11.1. The van der Waals surface area contributed by atoms with Gasteiger partial charge in [0.2, 0.25) is 0 Å². The van der Waals surface area contributed by atoms with Crippen LogP contribution in [0.1, 0.15) is 24.8 Å². The molecule has 1 aromatic rings. The number of thioether (sulfide) groups is 1. The van der Waals surface area contributed by atoms with Gasteiger partial charge in [0.05, 0.1) is 7.11 Å². The van der Waals surface area contributed by atoms with Gasteiger partial charge in [-0.25, -0.2) is 0 Å². The zero-order chi connectivity index (χ0) is 13.5. The maximum absolute atomic E-state index is 11.1. The molecular formula is C15H20O3S. The number of esters is 1. The minimum Gasteiger partial charge on any atom is -0.490 e. The van der Waals surface area contributed by atoms with Gasteiger partial charge in [-0.05, 0) is 48.5 Å². The van der Waals surface area contributed by atoms with Crippen molar-refractivity contribution in [2.75, 3.05) is 18.6 Å². The SMILES string of the molecule is COC(=O)CCc1ccc(OC2CCSCC2)cc1. The highest BCUT2D eigenvalue weighted by Gasteiger charge is 2.14. The summed E-state index contributed by atoms with van der Waals surface area (Å²) in [5.41, 5.74) is 1.14. The number of ether oxygens (including phenoxy) is 2. The van der Waals surface area contributed by atoms with Crippen molar-refractivity contribution in [1.82, 2.24) is 0 Å². The Morgan fingerprint density at radius 2 is 1.95 bits per heavy atom. The second-order valence-electron chi connectivity index (χ2n) is 4.65. The predicted octanol–water partition coefficient (Wildman–Crippen LogP) is 3.07. The van der Waals surface area contributed by atoms with E-state index in [-0.39, 0.29) is 5.97 Å². The monoisotopic (exact) mass is 280 g/mol. The molecule has 0 atom stereocenters. The summed E-state index contributed by atoms with van der Waals surface area (Å²) in [6.07, 6.45) is 3.77. The second kappa shape index (κ2) is 7.43. The van der Waals surface area contributed by atoms with Gasteiger partial charge < -0.3 is 9.47 Å². The number of hydrogen-bond acceptors (Lipinski definition) is 4. The van der Waals surface area contributed by atoms with Gasteiger partial charge in [-0.1, -0.05) is 12.1 Å². The minimum atomic E-state index is -0.167. The Labute approximate surface area is 118 Å². The van der Waals surface area contributed by atoms with E-state index in [0.29, 0.717) is 18.9 Å². The highest BCUT2D eigenvalue weighted by atomic mass is 32.2. The lowest BCUT2D eigenvalue weighted by Gasteiger charge is -2.22. The molecule has 0 bridgehead atoms. The number of rotatable bonds is 5. The van der Waals surface area contributed by atoms with E-state index in [1.165, 1.54) is 18.6 Å². The van der Waals surface area contributed by atoms with Crippen molar-refractivity contribution in [3.05, 3.63) is 29.8 Å². The van der Waals surface area contributed by atoms with Crippen molar-refractivity contribution in [3.8, 4) is 5.75 Å². The minimum absolute atomic E-state index is 0.167. The number of aryl methyl sites for hydroxylation is 1. The molecule has 4 heteroatoms. The molecule has 1 fully saturated rings. The van der Waals surface area contributed by atoms with Crippen LogP contribution in [0.25, 0.3) is 0 Å². The summed E-state index contributed by atoms with van der Waals surface area (Å²) in [7, 11) is 1.42.